The van der Waals surface area contributed by atoms with Gasteiger partial charge in [0.15, 0.2) is 0 Å². The van der Waals surface area contributed by atoms with Crippen LogP contribution in [0.25, 0.3) is 0 Å². The van der Waals surface area contributed by atoms with Gasteiger partial charge in [-0.2, -0.15) is 0 Å². The molecular formula is C17H27N3O. The zero-order chi connectivity index (χ0) is 15.2. The van der Waals surface area contributed by atoms with Crippen LogP contribution in [0.4, 0.5) is 0 Å². The van der Waals surface area contributed by atoms with Crippen LogP contribution < -0.4 is 5.73 Å². The molecule has 0 fully saturated rings. The summed E-state index contributed by atoms with van der Waals surface area (Å²) < 4.78 is 0. The van der Waals surface area contributed by atoms with Gasteiger partial charge in [0.2, 0.25) is 5.91 Å². The van der Waals surface area contributed by atoms with Gasteiger partial charge in [0, 0.05) is 43.4 Å². The van der Waals surface area contributed by atoms with Gasteiger partial charge >= 0.3 is 0 Å². The molecule has 0 aliphatic carbocycles. The van der Waals surface area contributed by atoms with Crippen molar-refractivity contribution in [2.75, 3.05) is 6.54 Å². The number of hydrogen-bond acceptors (Lipinski definition) is 3. The largest absolute Gasteiger partial charge is 0.338 e. The van der Waals surface area contributed by atoms with Crippen molar-refractivity contribution in [1.29, 1.82) is 0 Å². The van der Waals surface area contributed by atoms with Crippen molar-refractivity contribution in [1.82, 2.24) is 9.88 Å². The van der Waals surface area contributed by atoms with Gasteiger partial charge in [0.05, 0.1) is 0 Å². The van der Waals surface area contributed by atoms with E-state index in [1.54, 1.807) is 0 Å². The summed E-state index contributed by atoms with van der Waals surface area (Å²) >= 11 is 0. The molecule has 1 atom stereocenters. The van der Waals surface area contributed by atoms with Crippen molar-refractivity contribution in [3.05, 3.63) is 29.1 Å². The molecule has 1 aromatic heterocycles. The van der Waals surface area contributed by atoms with E-state index in [0.29, 0.717) is 6.42 Å². The SMILES string of the molecule is CCc1ccc2c(n1)CCN(C(=O)CCCCC(C)N)C2. The van der Waals surface area contributed by atoms with E-state index in [0.717, 1.165) is 50.9 Å². The van der Waals surface area contributed by atoms with Gasteiger partial charge in [-0.3, -0.25) is 9.78 Å². The highest BCUT2D eigenvalue weighted by atomic mass is 16.2. The van der Waals surface area contributed by atoms with E-state index in [2.05, 4.69) is 24.0 Å². The monoisotopic (exact) mass is 289 g/mol. The Labute approximate surface area is 127 Å². The molecule has 21 heavy (non-hydrogen) atoms. The van der Waals surface area contributed by atoms with Gasteiger partial charge in [-0.05, 0) is 37.8 Å². The van der Waals surface area contributed by atoms with Crippen LogP contribution in [0.3, 0.4) is 0 Å². The summed E-state index contributed by atoms with van der Waals surface area (Å²) in [6.45, 7) is 5.66. The number of aromatic nitrogens is 1. The highest BCUT2D eigenvalue weighted by Crippen LogP contribution is 2.19. The number of unbranched alkanes of at least 4 members (excludes halogenated alkanes) is 1. The maximum atomic E-state index is 12.2. The van der Waals surface area contributed by atoms with Crippen LogP contribution in [0.15, 0.2) is 12.1 Å². The molecular weight excluding hydrogens is 262 g/mol. The summed E-state index contributed by atoms with van der Waals surface area (Å²) in [4.78, 5) is 18.9. The third-order valence-corrected chi connectivity index (χ3v) is 4.12. The minimum atomic E-state index is 0.237. The Morgan fingerprint density at radius 3 is 2.95 bits per heavy atom. The van der Waals surface area contributed by atoms with E-state index in [9.17, 15) is 4.79 Å². The number of carbonyl (C=O) groups is 1. The topological polar surface area (TPSA) is 59.2 Å². The fourth-order valence-corrected chi connectivity index (χ4v) is 2.77. The lowest BCUT2D eigenvalue weighted by atomic mass is 10.0. The molecule has 0 saturated carbocycles. The fraction of sp³-hybridized carbons (Fsp3) is 0.647. The van der Waals surface area contributed by atoms with Crippen molar-refractivity contribution in [3.8, 4) is 0 Å². The van der Waals surface area contributed by atoms with Crippen LogP contribution in [0.1, 0.15) is 56.5 Å². The number of fused-ring (bicyclic) bond motifs is 1. The summed E-state index contributed by atoms with van der Waals surface area (Å²) in [5.41, 5.74) is 9.26. The highest BCUT2D eigenvalue weighted by molar-refractivity contribution is 5.76. The van der Waals surface area contributed by atoms with E-state index in [-0.39, 0.29) is 11.9 Å². The molecule has 2 N–H and O–H groups in total. The second-order valence-corrected chi connectivity index (χ2v) is 6.05. The van der Waals surface area contributed by atoms with Gasteiger partial charge in [0.25, 0.3) is 0 Å². The first kappa shape index (κ1) is 16.0. The Hall–Kier alpha value is -1.42. The molecule has 4 heteroatoms. The molecule has 0 saturated heterocycles. The van der Waals surface area contributed by atoms with Crippen molar-refractivity contribution in [2.24, 2.45) is 5.73 Å². The molecule has 2 rings (SSSR count). The predicted octanol–water partition coefficient (Wildman–Crippen LogP) is 2.44. The summed E-state index contributed by atoms with van der Waals surface area (Å²) in [7, 11) is 0. The van der Waals surface area contributed by atoms with E-state index in [1.165, 1.54) is 11.3 Å². The Kier molecular flexibility index (Phi) is 5.74. The summed E-state index contributed by atoms with van der Waals surface area (Å²) in [5.74, 6) is 0.268. The average Bonchev–Trinajstić information content (AvgIpc) is 2.50. The minimum Gasteiger partial charge on any atom is -0.338 e. The first-order valence-corrected chi connectivity index (χ1v) is 8.11. The molecule has 1 amide bonds. The maximum absolute atomic E-state index is 12.2. The molecule has 0 bridgehead atoms. The number of hydrogen-bond donors (Lipinski definition) is 1. The summed E-state index contributed by atoms with van der Waals surface area (Å²) in [5, 5.41) is 0. The van der Waals surface area contributed by atoms with Crippen LogP contribution in [0, 0.1) is 0 Å². The molecule has 0 spiro atoms. The van der Waals surface area contributed by atoms with Crippen LogP contribution >= 0.6 is 0 Å². The summed E-state index contributed by atoms with van der Waals surface area (Å²) in [6, 6.07) is 4.45. The minimum absolute atomic E-state index is 0.237. The van der Waals surface area contributed by atoms with Crippen LogP contribution in [0.2, 0.25) is 0 Å². The van der Waals surface area contributed by atoms with E-state index < -0.39 is 0 Å². The molecule has 116 valence electrons. The van der Waals surface area contributed by atoms with Crippen molar-refractivity contribution in [2.45, 2.75) is 65.0 Å². The molecule has 0 aromatic carbocycles. The Balaban J connectivity index is 1.84. The second-order valence-electron chi connectivity index (χ2n) is 6.05. The number of carbonyl (C=O) groups excluding carboxylic acids is 1. The number of nitrogens with two attached hydrogens (primary N) is 1. The van der Waals surface area contributed by atoms with Crippen LogP contribution in [-0.4, -0.2) is 28.4 Å². The molecule has 1 aliphatic rings. The number of amides is 1. The highest BCUT2D eigenvalue weighted by Gasteiger charge is 2.21. The van der Waals surface area contributed by atoms with Gasteiger partial charge < -0.3 is 10.6 Å². The third-order valence-electron chi connectivity index (χ3n) is 4.12. The molecule has 0 radical (unpaired) electrons. The number of pyridine rings is 1. The number of aryl methyl sites for hydroxylation is 1. The number of nitrogens with zero attached hydrogens (tertiary/aromatic N) is 2. The zero-order valence-electron chi connectivity index (χ0n) is 13.3. The van der Waals surface area contributed by atoms with Gasteiger partial charge in [-0.15, -0.1) is 0 Å². The van der Waals surface area contributed by atoms with Crippen LogP contribution in [-0.2, 0) is 24.2 Å². The zero-order valence-corrected chi connectivity index (χ0v) is 13.3. The maximum Gasteiger partial charge on any atom is 0.222 e. The standard InChI is InChI=1S/C17H27N3O/c1-3-15-9-8-14-12-20(11-10-16(14)19-15)17(21)7-5-4-6-13(2)18/h8-9,13H,3-7,10-12,18H2,1-2H3. The van der Waals surface area contributed by atoms with E-state index in [4.69, 9.17) is 5.73 Å². The van der Waals surface area contributed by atoms with E-state index >= 15 is 0 Å². The Morgan fingerprint density at radius 1 is 1.43 bits per heavy atom. The van der Waals surface area contributed by atoms with Crippen molar-refractivity contribution >= 4 is 5.91 Å². The van der Waals surface area contributed by atoms with Crippen molar-refractivity contribution in [3.63, 3.8) is 0 Å². The third kappa shape index (κ3) is 4.53. The fourth-order valence-electron chi connectivity index (χ4n) is 2.77. The molecule has 1 aliphatic heterocycles. The average molecular weight is 289 g/mol. The molecule has 1 aromatic rings. The number of rotatable bonds is 6. The lowest BCUT2D eigenvalue weighted by molar-refractivity contribution is -0.132. The van der Waals surface area contributed by atoms with Crippen molar-refractivity contribution < 1.29 is 4.79 Å². The lowest BCUT2D eigenvalue weighted by Gasteiger charge is -2.28. The smallest absolute Gasteiger partial charge is 0.222 e. The summed E-state index contributed by atoms with van der Waals surface area (Å²) in [6.07, 6.45) is 5.47. The lowest BCUT2D eigenvalue weighted by Crippen LogP contribution is -2.36. The van der Waals surface area contributed by atoms with Crippen LogP contribution in [0.5, 0.6) is 0 Å². The Morgan fingerprint density at radius 2 is 2.24 bits per heavy atom. The Bertz CT molecular complexity index is 485. The normalized spacial score (nSPS) is 15.7. The first-order chi connectivity index (χ1) is 10.1. The second kappa shape index (κ2) is 7.55. The molecule has 4 nitrogen and oxygen atoms in total. The van der Waals surface area contributed by atoms with Gasteiger partial charge in [-0.1, -0.05) is 19.4 Å². The first-order valence-electron chi connectivity index (χ1n) is 8.11. The van der Waals surface area contributed by atoms with Gasteiger partial charge in [-0.25, -0.2) is 0 Å². The molecule has 2 heterocycles. The molecule has 1 unspecified atom stereocenters. The van der Waals surface area contributed by atoms with Gasteiger partial charge in [0.1, 0.15) is 0 Å². The predicted molar refractivity (Wildman–Crippen MR) is 84.9 cm³/mol. The quantitative estimate of drug-likeness (QED) is 0.818. The van der Waals surface area contributed by atoms with E-state index in [1.807, 2.05) is 11.8 Å².